The van der Waals surface area contributed by atoms with Gasteiger partial charge in [-0.15, -0.1) is 0 Å². The minimum atomic E-state index is -3.57. The Labute approximate surface area is 120 Å². The van der Waals surface area contributed by atoms with Crippen LogP contribution < -0.4 is 5.73 Å². The van der Waals surface area contributed by atoms with E-state index in [9.17, 15) is 8.42 Å². The van der Waals surface area contributed by atoms with Gasteiger partial charge >= 0.3 is 0 Å². The monoisotopic (exact) mass is 298 g/mol. The maximum atomic E-state index is 12.9. The first kappa shape index (κ1) is 15.3. The van der Waals surface area contributed by atoms with Crippen LogP contribution in [0.25, 0.3) is 0 Å². The molecule has 20 heavy (non-hydrogen) atoms. The molecule has 2 N–H and O–H groups in total. The number of rotatable bonds is 2. The molecular formula is C14H22N2O3S. The van der Waals surface area contributed by atoms with Gasteiger partial charge in [0.05, 0.1) is 11.8 Å². The molecule has 1 heterocycles. The van der Waals surface area contributed by atoms with E-state index in [1.54, 1.807) is 13.0 Å². The Morgan fingerprint density at radius 3 is 2.75 bits per heavy atom. The first-order valence-corrected chi connectivity index (χ1v) is 8.25. The van der Waals surface area contributed by atoms with Crippen molar-refractivity contribution in [3.05, 3.63) is 23.3 Å². The van der Waals surface area contributed by atoms with E-state index < -0.39 is 10.0 Å². The summed E-state index contributed by atoms with van der Waals surface area (Å²) in [6, 6.07) is 3.50. The van der Waals surface area contributed by atoms with Crippen LogP contribution in [0.15, 0.2) is 17.0 Å². The fourth-order valence-corrected chi connectivity index (χ4v) is 4.40. The third-order valence-electron chi connectivity index (χ3n) is 3.72. The minimum Gasteiger partial charge on any atom is -0.398 e. The minimum absolute atomic E-state index is 0.0985. The average molecular weight is 298 g/mol. The topological polar surface area (TPSA) is 72.6 Å². The maximum Gasteiger partial charge on any atom is 0.245 e. The number of sulfonamides is 1. The number of benzene rings is 1. The van der Waals surface area contributed by atoms with Gasteiger partial charge < -0.3 is 10.5 Å². The molecule has 0 aromatic heterocycles. The summed E-state index contributed by atoms with van der Waals surface area (Å²) in [4.78, 5) is 0.242. The lowest BCUT2D eigenvalue weighted by molar-refractivity contribution is 0.0752. The van der Waals surface area contributed by atoms with Crippen LogP contribution in [-0.4, -0.2) is 38.5 Å². The fourth-order valence-electron chi connectivity index (χ4n) is 2.46. The van der Waals surface area contributed by atoms with Gasteiger partial charge in [-0.2, -0.15) is 4.31 Å². The number of nitrogen functional groups attached to an aromatic ring is 1. The molecule has 6 heteroatoms. The van der Waals surface area contributed by atoms with Gasteiger partial charge in [0.2, 0.25) is 10.0 Å². The quantitative estimate of drug-likeness (QED) is 0.843. The lowest BCUT2D eigenvalue weighted by Gasteiger charge is -2.24. The van der Waals surface area contributed by atoms with E-state index in [-0.39, 0.29) is 11.0 Å². The molecule has 2 rings (SSSR count). The predicted molar refractivity (Wildman–Crippen MR) is 79.1 cm³/mol. The van der Waals surface area contributed by atoms with Crippen molar-refractivity contribution in [2.75, 3.05) is 25.4 Å². The highest BCUT2D eigenvalue weighted by atomic mass is 32.2. The van der Waals surface area contributed by atoms with E-state index in [0.29, 0.717) is 31.8 Å². The Balaban J connectivity index is 2.47. The second kappa shape index (κ2) is 5.71. The molecule has 112 valence electrons. The third kappa shape index (κ3) is 2.82. The second-order valence-electron chi connectivity index (χ2n) is 5.32. The first-order chi connectivity index (χ1) is 9.34. The number of hydrogen-bond donors (Lipinski definition) is 1. The smallest absolute Gasteiger partial charge is 0.245 e. The lowest BCUT2D eigenvalue weighted by Crippen LogP contribution is -2.36. The van der Waals surface area contributed by atoms with Gasteiger partial charge in [0.25, 0.3) is 0 Å². The van der Waals surface area contributed by atoms with Gasteiger partial charge in [-0.05, 0) is 44.4 Å². The Morgan fingerprint density at radius 1 is 1.35 bits per heavy atom. The Hall–Kier alpha value is -1.11. The van der Waals surface area contributed by atoms with Crippen LogP contribution in [0.1, 0.15) is 24.5 Å². The number of hydrogen-bond acceptors (Lipinski definition) is 4. The molecule has 1 aliphatic heterocycles. The average Bonchev–Trinajstić information content (AvgIpc) is 2.59. The SMILES string of the molecule is Cc1ccc(N)c(S(=O)(=O)N2CCCOC(C)C2)c1C. The van der Waals surface area contributed by atoms with E-state index in [2.05, 4.69) is 0 Å². The molecule has 0 aliphatic carbocycles. The van der Waals surface area contributed by atoms with Gasteiger partial charge in [0.15, 0.2) is 0 Å². The zero-order valence-corrected chi connectivity index (χ0v) is 13.0. The van der Waals surface area contributed by atoms with Crippen molar-refractivity contribution < 1.29 is 13.2 Å². The zero-order valence-electron chi connectivity index (χ0n) is 12.2. The highest BCUT2D eigenvalue weighted by Crippen LogP contribution is 2.29. The Kier molecular flexibility index (Phi) is 4.36. The number of anilines is 1. The van der Waals surface area contributed by atoms with Gasteiger partial charge in [0, 0.05) is 19.7 Å². The number of nitrogens with zero attached hydrogens (tertiary/aromatic N) is 1. The van der Waals surface area contributed by atoms with Crippen LogP contribution in [0.3, 0.4) is 0 Å². The highest BCUT2D eigenvalue weighted by Gasteiger charge is 2.31. The van der Waals surface area contributed by atoms with Crippen LogP contribution >= 0.6 is 0 Å². The summed E-state index contributed by atoms with van der Waals surface area (Å²) in [5.41, 5.74) is 7.88. The van der Waals surface area contributed by atoms with Crippen molar-refractivity contribution >= 4 is 15.7 Å². The Morgan fingerprint density at radius 2 is 2.05 bits per heavy atom. The molecule has 1 aromatic rings. The summed E-state index contributed by atoms with van der Waals surface area (Å²) >= 11 is 0. The van der Waals surface area contributed by atoms with E-state index >= 15 is 0 Å². The van der Waals surface area contributed by atoms with E-state index in [1.165, 1.54) is 4.31 Å². The molecule has 1 fully saturated rings. The summed E-state index contributed by atoms with van der Waals surface area (Å²) in [6.45, 7) is 7.02. The zero-order chi connectivity index (χ0) is 14.9. The third-order valence-corrected chi connectivity index (χ3v) is 5.79. The van der Waals surface area contributed by atoms with Crippen molar-refractivity contribution in [3.63, 3.8) is 0 Å². The molecule has 0 bridgehead atoms. The normalized spacial score (nSPS) is 21.6. The lowest BCUT2D eigenvalue weighted by atomic mass is 10.1. The first-order valence-electron chi connectivity index (χ1n) is 6.81. The van der Waals surface area contributed by atoms with E-state index in [4.69, 9.17) is 10.5 Å². The summed E-state index contributed by atoms with van der Waals surface area (Å²) in [5.74, 6) is 0. The molecule has 0 saturated carbocycles. The van der Waals surface area contributed by atoms with Crippen LogP contribution in [-0.2, 0) is 14.8 Å². The molecule has 1 atom stereocenters. The van der Waals surface area contributed by atoms with Crippen LogP contribution in [0.5, 0.6) is 0 Å². The molecule has 0 amide bonds. The summed E-state index contributed by atoms with van der Waals surface area (Å²) in [5, 5.41) is 0. The molecule has 5 nitrogen and oxygen atoms in total. The van der Waals surface area contributed by atoms with Crippen molar-refractivity contribution in [2.24, 2.45) is 0 Å². The molecule has 1 aliphatic rings. The number of nitrogens with two attached hydrogens (primary N) is 1. The van der Waals surface area contributed by atoms with Gasteiger partial charge in [-0.1, -0.05) is 6.07 Å². The predicted octanol–water partition coefficient (Wildman–Crippen LogP) is 1.69. The van der Waals surface area contributed by atoms with Crippen LogP contribution in [0.2, 0.25) is 0 Å². The van der Waals surface area contributed by atoms with Gasteiger partial charge in [0.1, 0.15) is 4.90 Å². The highest BCUT2D eigenvalue weighted by molar-refractivity contribution is 7.89. The van der Waals surface area contributed by atoms with Crippen molar-refractivity contribution in [2.45, 2.75) is 38.2 Å². The maximum absolute atomic E-state index is 12.9. The van der Waals surface area contributed by atoms with Crippen LogP contribution in [0, 0.1) is 13.8 Å². The van der Waals surface area contributed by atoms with Crippen molar-refractivity contribution in [3.8, 4) is 0 Å². The summed E-state index contributed by atoms with van der Waals surface area (Å²) in [6.07, 6.45) is 0.604. The van der Waals surface area contributed by atoms with Crippen molar-refractivity contribution in [1.29, 1.82) is 0 Å². The van der Waals surface area contributed by atoms with Crippen molar-refractivity contribution in [1.82, 2.24) is 4.31 Å². The molecule has 1 saturated heterocycles. The second-order valence-corrected chi connectivity index (χ2v) is 7.20. The molecule has 1 unspecified atom stereocenters. The van der Waals surface area contributed by atoms with Gasteiger partial charge in [-0.25, -0.2) is 8.42 Å². The molecule has 0 radical (unpaired) electrons. The van der Waals surface area contributed by atoms with Gasteiger partial charge in [-0.3, -0.25) is 0 Å². The molecular weight excluding hydrogens is 276 g/mol. The van der Waals surface area contributed by atoms with E-state index in [1.807, 2.05) is 19.9 Å². The van der Waals surface area contributed by atoms with Crippen LogP contribution in [0.4, 0.5) is 5.69 Å². The molecule has 1 aromatic carbocycles. The number of aryl methyl sites for hydroxylation is 1. The fraction of sp³-hybridized carbons (Fsp3) is 0.571. The molecule has 0 spiro atoms. The number of ether oxygens (including phenoxy) is 1. The van der Waals surface area contributed by atoms with E-state index in [0.717, 1.165) is 11.1 Å². The Bertz CT molecular complexity index is 599. The standard InChI is InChI=1S/C14H22N2O3S/c1-10-5-6-13(15)14(12(10)3)20(17,18)16-7-4-8-19-11(2)9-16/h5-6,11H,4,7-9,15H2,1-3H3. The summed E-state index contributed by atoms with van der Waals surface area (Å²) < 4.78 is 32.7. The largest absolute Gasteiger partial charge is 0.398 e. The summed E-state index contributed by atoms with van der Waals surface area (Å²) in [7, 11) is -3.57.